The van der Waals surface area contributed by atoms with Crippen LogP contribution in [0.25, 0.3) is 0 Å². The Bertz CT molecular complexity index is 684. The number of hydrogen-bond donors (Lipinski definition) is 1. The van der Waals surface area contributed by atoms with Gasteiger partial charge in [0.05, 0.1) is 6.04 Å². The van der Waals surface area contributed by atoms with Gasteiger partial charge in [0.1, 0.15) is 10.0 Å². The molecule has 0 aromatic carbocycles. The van der Waals surface area contributed by atoms with Gasteiger partial charge in [-0.1, -0.05) is 6.07 Å². The SMILES string of the molecule is Cl.Cn1ccnc1C1CNCCN1S(=O)(=O)c1cccs1. The van der Waals surface area contributed by atoms with Crippen molar-refractivity contribution in [3.8, 4) is 0 Å². The molecule has 1 atom stereocenters. The summed E-state index contributed by atoms with van der Waals surface area (Å²) in [7, 11) is -1.57. The second-order valence-electron chi connectivity index (χ2n) is 4.66. The van der Waals surface area contributed by atoms with Crippen molar-refractivity contribution in [2.24, 2.45) is 7.05 Å². The minimum Gasteiger partial charge on any atom is -0.337 e. The van der Waals surface area contributed by atoms with Crippen LogP contribution >= 0.6 is 23.7 Å². The molecular formula is C12H17ClN4O2S2. The molecule has 1 unspecified atom stereocenters. The smallest absolute Gasteiger partial charge is 0.253 e. The van der Waals surface area contributed by atoms with E-state index >= 15 is 0 Å². The summed E-state index contributed by atoms with van der Waals surface area (Å²) in [5, 5.41) is 5.02. The van der Waals surface area contributed by atoms with Crippen molar-refractivity contribution in [3.05, 3.63) is 35.7 Å². The van der Waals surface area contributed by atoms with Gasteiger partial charge in [0.15, 0.2) is 0 Å². The molecule has 3 heterocycles. The van der Waals surface area contributed by atoms with Gasteiger partial charge in [0, 0.05) is 39.1 Å². The molecule has 0 aliphatic carbocycles. The Hall–Kier alpha value is -0.930. The quantitative estimate of drug-likeness (QED) is 0.906. The Labute approximate surface area is 134 Å². The zero-order valence-corrected chi connectivity index (χ0v) is 13.9. The Morgan fingerprint density at radius 3 is 2.90 bits per heavy atom. The molecular weight excluding hydrogens is 332 g/mol. The van der Waals surface area contributed by atoms with Gasteiger partial charge in [-0.15, -0.1) is 23.7 Å². The molecule has 0 amide bonds. The van der Waals surface area contributed by atoms with E-state index in [0.29, 0.717) is 23.8 Å². The van der Waals surface area contributed by atoms with Crippen LogP contribution in [0.4, 0.5) is 0 Å². The highest BCUT2D eigenvalue weighted by Gasteiger charge is 2.36. The fourth-order valence-corrected chi connectivity index (χ4v) is 5.12. The standard InChI is InChI=1S/C12H16N4O2S2.ClH/c1-15-6-5-14-12(15)10-9-13-4-7-16(10)20(17,18)11-3-2-8-19-11;/h2-3,5-6,8,10,13H,4,7,9H2,1H3;1H. The van der Waals surface area contributed by atoms with E-state index in [1.165, 1.54) is 11.3 Å². The lowest BCUT2D eigenvalue weighted by molar-refractivity contribution is 0.259. The summed E-state index contributed by atoms with van der Waals surface area (Å²) in [6, 6.07) is 3.14. The van der Waals surface area contributed by atoms with Crippen molar-refractivity contribution < 1.29 is 8.42 Å². The zero-order valence-electron chi connectivity index (χ0n) is 11.5. The predicted octanol–water partition coefficient (Wildman–Crippen LogP) is 1.24. The Kier molecular flexibility index (Phi) is 5.05. The van der Waals surface area contributed by atoms with Crippen LogP contribution in [0, 0.1) is 0 Å². The average Bonchev–Trinajstić information content (AvgIpc) is 3.10. The molecule has 1 aliphatic rings. The maximum atomic E-state index is 12.7. The normalized spacial score (nSPS) is 20.1. The Balaban J connectivity index is 0.00000161. The summed E-state index contributed by atoms with van der Waals surface area (Å²) in [5.41, 5.74) is 0. The van der Waals surface area contributed by atoms with Crippen molar-refractivity contribution in [1.29, 1.82) is 0 Å². The lowest BCUT2D eigenvalue weighted by Gasteiger charge is -2.34. The molecule has 1 N–H and O–H groups in total. The summed E-state index contributed by atoms with van der Waals surface area (Å²) in [6.07, 6.45) is 3.53. The monoisotopic (exact) mass is 348 g/mol. The number of sulfonamides is 1. The second-order valence-corrected chi connectivity index (χ2v) is 7.73. The fraction of sp³-hybridized carbons (Fsp3) is 0.417. The molecule has 1 fully saturated rings. The van der Waals surface area contributed by atoms with Crippen molar-refractivity contribution >= 4 is 33.8 Å². The maximum Gasteiger partial charge on any atom is 0.253 e. The van der Waals surface area contributed by atoms with E-state index in [1.807, 2.05) is 17.8 Å². The van der Waals surface area contributed by atoms with E-state index in [9.17, 15) is 8.42 Å². The number of aromatic nitrogens is 2. The van der Waals surface area contributed by atoms with Gasteiger partial charge < -0.3 is 9.88 Å². The van der Waals surface area contributed by atoms with Crippen LogP contribution in [0.15, 0.2) is 34.1 Å². The number of hydrogen-bond acceptors (Lipinski definition) is 5. The van der Waals surface area contributed by atoms with Gasteiger partial charge in [-0.25, -0.2) is 13.4 Å². The van der Waals surface area contributed by atoms with Crippen LogP contribution in [0.2, 0.25) is 0 Å². The first-order valence-corrected chi connectivity index (χ1v) is 8.66. The van der Waals surface area contributed by atoms with Gasteiger partial charge in [-0.05, 0) is 11.4 Å². The third kappa shape index (κ3) is 3.00. The van der Waals surface area contributed by atoms with Gasteiger partial charge in [-0.3, -0.25) is 0 Å². The van der Waals surface area contributed by atoms with Gasteiger partial charge in [0.25, 0.3) is 10.0 Å². The molecule has 21 heavy (non-hydrogen) atoms. The second kappa shape index (κ2) is 6.45. The van der Waals surface area contributed by atoms with E-state index in [2.05, 4.69) is 10.3 Å². The molecule has 2 aromatic heterocycles. The van der Waals surface area contributed by atoms with Gasteiger partial charge in [-0.2, -0.15) is 4.31 Å². The highest BCUT2D eigenvalue weighted by molar-refractivity contribution is 7.91. The van der Waals surface area contributed by atoms with Crippen molar-refractivity contribution in [1.82, 2.24) is 19.2 Å². The summed E-state index contributed by atoms with van der Waals surface area (Å²) >= 11 is 1.25. The van der Waals surface area contributed by atoms with Gasteiger partial charge in [0.2, 0.25) is 0 Å². The number of nitrogens with zero attached hydrogens (tertiary/aromatic N) is 3. The van der Waals surface area contributed by atoms with E-state index in [0.717, 1.165) is 5.82 Å². The minimum atomic E-state index is -3.45. The number of aryl methyl sites for hydroxylation is 1. The summed E-state index contributed by atoms with van der Waals surface area (Å²) in [5.74, 6) is 0.761. The largest absolute Gasteiger partial charge is 0.337 e. The molecule has 0 radical (unpaired) electrons. The highest BCUT2D eigenvalue weighted by atomic mass is 35.5. The van der Waals surface area contributed by atoms with E-state index in [1.54, 1.807) is 28.0 Å². The minimum absolute atomic E-state index is 0. The molecule has 2 aromatic rings. The first-order valence-electron chi connectivity index (χ1n) is 6.34. The molecule has 0 spiro atoms. The average molecular weight is 349 g/mol. The van der Waals surface area contributed by atoms with Crippen LogP contribution in [0.3, 0.4) is 0 Å². The van der Waals surface area contributed by atoms with E-state index < -0.39 is 10.0 Å². The lowest BCUT2D eigenvalue weighted by Crippen LogP contribution is -2.49. The number of nitrogens with one attached hydrogen (secondary N) is 1. The summed E-state index contributed by atoms with van der Waals surface area (Å²) < 4.78 is 29.3. The van der Waals surface area contributed by atoms with Crippen molar-refractivity contribution in [3.63, 3.8) is 0 Å². The molecule has 9 heteroatoms. The third-order valence-electron chi connectivity index (χ3n) is 3.41. The zero-order chi connectivity index (χ0) is 14.2. The summed E-state index contributed by atoms with van der Waals surface area (Å²) in [4.78, 5) is 4.30. The topological polar surface area (TPSA) is 67.2 Å². The van der Waals surface area contributed by atoms with Crippen molar-refractivity contribution in [2.45, 2.75) is 10.3 Å². The number of rotatable bonds is 3. The molecule has 1 aliphatic heterocycles. The Morgan fingerprint density at radius 2 is 2.29 bits per heavy atom. The molecule has 6 nitrogen and oxygen atoms in total. The molecule has 3 rings (SSSR count). The lowest BCUT2D eigenvalue weighted by atomic mass is 10.2. The maximum absolute atomic E-state index is 12.7. The van der Waals surface area contributed by atoms with Crippen molar-refractivity contribution in [2.75, 3.05) is 19.6 Å². The van der Waals surface area contributed by atoms with E-state index in [4.69, 9.17) is 0 Å². The molecule has 0 bridgehead atoms. The first-order chi connectivity index (χ1) is 9.60. The third-order valence-corrected chi connectivity index (χ3v) is 6.69. The molecule has 1 saturated heterocycles. The van der Waals surface area contributed by atoms with Crippen LogP contribution in [-0.4, -0.2) is 41.9 Å². The number of imidazole rings is 1. The Morgan fingerprint density at radius 1 is 1.48 bits per heavy atom. The van der Waals surface area contributed by atoms with Crippen LogP contribution in [-0.2, 0) is 17.1 Å². The molecule has 0 saturated carbocycles. The van der Waals surface area contributed by atoms with Crippen LogP contribution < -0.4 is 5.32 Å². The first kappa shape index (κ1) is 16.4. The number of thiophene rings is 1. The van der Waals surface area contributed by atoms with E-state index in [-0.39, 0.29) is 18.4 Å². The number of halogens is 1. The fourth-order valence-electron chi connectivity index (χ4n) is 2.42. The highest BCUT2D eigenvalue weighted by Crippen LogP contribution is 2.29. The van der Waals surface area contributed by atoms with Crippen LogP contribution in [0.1, 0.15) is 11.9 Å². The number of piperazine rings is 1. The van der Waals surface area contributed by atoms with Crippen LogP contribution in [0.5, 0.6) is 0 Å². The predicted molar refractivity (Wildman–Crippen MR) is 84.3 cm³/mol. The molecule has 116 valence electrons. The summed E-state index contributed by atoms with van der Waals surface area (Å²) in [6.45, 7) is 1.69. The van der Waals surface area contributed by atoms with Gasteiger partial charge >= 0.3 is 0 Å².